The van der Waals surface area contributed by atoms with Crippen molar-refractivity contribution >= 4 is 11.6 Å². The zero-order valence-corrected chi connectivity index (χ0v) is 8.20. The number of hydrogen-bond acceptors (Lipinski definition) is 2. The van der Waals surface area contributed by atoms with Gasteiger partial charge in [-0.3, -0.25) is 5.10 Å². The minimum Gasteiger partial charge on any atom is -0.473 e. The van der Waals surface area contributed by atoms with Crippen molar-refractivity contribution in [2.45, 2.75) is 26.1 Å². The van der Waals surface area contributed by atoms with E-state index in [0.29, 0.717) is 0 Å². The number of nitrogens with one attached hydrogen (secondary N) is 1. The molecule has 0 aliphatic carbocycles. The molecule has 0 radical (unpaired) electrons. The van der Waals surface area contributed by atoms with Crippen molar-refractivity contribution in [3.63, 3.8) is 0 Å². The third kappa shape index (κ3) is 2.31. The smallest absolute Gasteiger partial charge is 0.434 e. The first-order valence-corrected chi connectivity index (χ1v) is 4.18. The second-order valence-corrected chi connectivity index (χ2v) is 3.26. The number of nitrogens with zero attached hydrogens (tertiary/aromatic N) is 1. The van der Waals surface area contributed by atoms with Crippen LogP contribution >= 0.6 is 11.6 Å². The number of halogens is 4. The first-order chi connectivity index (χ1) is 6.32. The van der Waals surface area contributed by atoms with Gasteiger partial charge in [0.05, 0.1) is 6.10 Å². The molecule has 1 heterocycles. The monoisotopic (exact) mass is 228 g/mol. The van der Waals surface area contributed by atoms with Gasteiger partial charge in [-0.15, -0.1) is 5.10 Å². The normalized spacial score (nSPS) is 12.2. The molecule has 0 spiro atoms. The summed E-state index contributed by atoms with van der Waals surface area (Å²) < 4.78 is 41.5. The van der Waals surface area contributed by atoms with Crippen LogP contribution in [0.2, 0.25) is 5.02 Å². The second-order valence-electron chi connectivity index (χ2n) is 2.88. The van der Waals surface area contributed by atoms with Crippen LogP contribution in [0.4, 0.5) is 13.2 Å². The molecule has 0 aliphatic rings. The van der Waals surface area contributed by atoms with Gasteiger partial charge in [-0.1, -0.05) is 11.6 Å². The number of H-pyrrole nitrogens is 1. The average molecular weight is 229 g/mol. The van der Waals surface area contributed by atoms with Crippen LogP contribution in [-0.4, -0.2) is 16.3 Å². The summed E-state index contributed by atoms with van der Waals surface area (Å²) in [6.07, 6.45) is -4.82. The van der Waals surface area contributed by atoms with Crippen molar-refractivity contribution in [2.75, 3.05) is 0 Å². The Hall–Kier alpha value is -0.910. The molecule has 3 nitrogen and oxygen atoms in total. The van der Waals surface area contributed by atoms with Crippen molar-refractivity contribution < 1.29 is 17.9 Å². The maximum atomic E-state index is 12.2. The summed E-state index contributed by atoms with van der Waals surface area (Å²) in [5.74, 6) is -0.228. The quantitative estimate of drug-likeness (QED) is 0.845. The third-order valence-electron chi connectivity index (χ3n) is 1.31. The summed E-state index contributed by atoms with van der Waals surface area (Å²) in [4.78, 5) is 0. The highest BCUT2D eigenvalue weighted by atomic mass is 35.5. The van der Waals surface area contributed by atoms with E-state index in [0.717, 1.165) is 0 Å². The molecule has 80 valence electrons. The molecule has 0 fully saturated rings. The number of hydrogen-bond donors (Lipinski definition) is 1. The first kappa shape index (κ1) is 11.2. The molecule has 0 saturated heterocycles. The van der Waals surface area contributed by atoms with Crippen LogP contribution in [0.5, 0.6) is 5.88 Å². The van der Waals surface area contributed by atoms with Gasteiger partial charge in [-0.05, 0) is 13.8 Å². The Labute approximate surface area is 83.2 Å². The standard InChI is InChI=1S/C7H8ClF3N2O/c1-3(2)14-6-4(8)5(12-13-6)7(9,10)11/h3H,1-2H3,(H,12,13). The Balaban J connectivity index is 2.97. The zero-order valence-electron chi connectivity index (χ0n) is 7.44. The fourth-order valence-corrected chi connectivity index (χ4v) is 1.04. The highest BCUT2D eigenvalue weighted by Crippen LogP contribution is 2.37. The van der Waals surface area contributed by atoms with E-state index in [9.17, 15) is 13.2 Å². The predicted octanol–water partition coefficient (Wildman–Crippen LogP) is 2.87. The second kappa shape index (κ2) is 3.68. The molecular weight excluding hydrogens is 221 g/mol. The lowest BCUT2D eigenvalue weighted by molar-refractivity contribution is -0.141. The lowest BCUT2D eigenvalue weighted by Crippen LogP contribution is -2.07. The van der Waals surface area contributed by atoms with Crippen LogP contribution in [0.15, 0.2) is 0 Å². The van der Waals surface area contributed by atoms with Gasteiger partial charge in [0.25, 0.3) is 5.88 Å². The van der Waals surface area contributed by atoms with Crippen LogP contribution < -0.4 is 4.74 Å². The van der Waals surface area contributed by atoms with Gasteiger partial charge in [0, 0.05) is 0 Å². The van der Waals surface area contributed by atoms with E-state index in [1.165, 1.54) is 0 Å². The molecule has 1 rings (SSSR count). The van der Waals surface area contributed by atoms with Crippen LogP contribution in [0.1, 0.15) is 19.5 Å². The SMILES string of the molecule is CC(C)Oc1n[nH]c(C(F)(F)F)c1Cl. The van der Waals surface area contributed by atoms with Crippen LogP contribution in [-0.2, 0) is 6.18 Å². The van der Waals surface area contributed by atoms with Gasteiger partial charge in [-0.2, -0.15) is 13.2 Å². The molecule has 1 aromatic heterocycles. The highest BCUT2D eigenvalue weighted by molar-refractivity contribution is 6.32. The number of aromatic nitrogens is 2. The minimum atomic E-state index is -4.54. The minimum absolute atomic E-state index is 0.228. The molecule has 14 heavy (non-hydrogen) atoms. The summed E-state index contributed by atoms with van der Waals surface area (Å²) in [5.41, 5.74) is -1.09. The summed E-state index contributed by atoms with van der Waals surface area (Å²) >= 11 is 5.41. The molecule has 0 unspecified atom stereocenters. The van der Waals surface area contributed by atoms with Crippen molar-refractivity contribution in [1.29, 1.82) is 0 Å². The molecule has 0 aromatic carbocycles. The Morgan fingerprint density at radius 3 is 2.36 bits per heavy atom. The van der Waals surface area contributed by atoms with E-state index < -0.39 is 16.9 Å². The Kier molecular flexibility index (Phi) is 2.94. The van der Waals surface area contributed by atoms with E-state index in [2.05, 4.69) is 5.10 Å². The van der Waals surface area contributed by atoms with E-state index in [1.807, 2.05) is 0 Å². The van der Waals surface area contributed by atoms with Crippen LogP contribution in [0, 0.1) is 0 Å². The lowest BCUT2D eigenvalue weighted by Gasteiger charge is -2.06. The van der Waals surface area contributed by atoms with Crippen molar-refractivity contribution in [2.24, 2.45) is 0 Å². The molecule has 1 N–H and O–H groups in total. The highest BCUT2D eigenvalue weighted by Gasteiger charge is 2.37. The van der Waals surface area contributed by atoms with Gasteiger partial charge >= 0.3 is 6.18 Å². The fourth-order valence-electron chi connectivity index (χ4n) is 0.801. The van der Waals surface area contributed by atoms with Crippen molar-refractivity contribution in [1.82, 2.24) is 10.2 Å². The molecule has 0 aliphatic heterocycles. The number of aromatic amines is 1. The number of rotatable bonds is 2. The van der Waals surface area contributed by atoms with Gasteiger partial charge in [0.15, 0.2) is 5.69 Å². The van der Waals surface area contributed by atoms with E-state index in [4.69, 9.17) is 16.3 Å². The van der Waals surface area contributed by atoms with Crippen LogP contribution in [0.3, 0.4) is 0 Å². The topological polar surface area (TPSA) is 37.9 Å². The lowest BCUT2D eigenvalue weighted by atomic mass is 10.4. The Morgan fingerprint density at radius 1 is 1.43 bits per heavy atom. The largest absolute Gasteiger partial charge is 0.473 e. The summed E-state index contributed by atoms with van der Waals surface area (Å²) in [5, 5.41) is 4.57. The van der Waals surface area contributed by atoms with Gasteiger partial charge in [-0.25, -0.2) is 0 Å². The summed E-state index contributed by atoms with van der Waals surface area (Å²) in [6, 6.07) is 0. The van der Waals surface area contributed by atoms with Crippen molar-refractivity contribution in [3.05, 3.63) is 10.7 Å². The third-order valence-corrected chi connectivity index (χ3v) is 1.66. The maximum absolute atomic E-state index is 12.2. The molecule has 7 heteroatoms. The van der Waals surface area contributed by atoms with Crippen molar-refractivity contribution in [3.8, 4) is 5.88 Å². The van der Waals surface area contributed by atoms with E-state index in [-0.39, 0.29) is 12.0 Å². The summed E-state index contributed by atoms with van der Waals surface area (Å²) in [6.45, 7) is 3.33. The zero-order chi connectivity index (χ0) is 10.9. The molecular formula is C7H8ClF3N2O. The summed E-state index contributed by atoms with van der Waals surface area (Å²) in [7, 11) is 0. The Morgan fingerprint density at radius 2 is 2.00 bits per heavy atom. The maximum Gasteiger partial charge on any atom is 0.434 e. The Bertz CT molecular complexity index is 321. The van der Waals surface area contributed by atoms with E-state index in [1.54, 1.807) is 18.9 Å². The average Bonchev–Trinajstić information content (AvgIpc) is 2.30. The van der Waals surface area contributed by atoms with Gasteiger partial charge < -0.3 is 4.74 Å². The molecule has 0 amide bonds. The fraction of sp³-hybridized carbons (Fsp3) is 0.571. The van der Waals surface area contributed by atoms with Gasteiger partial charge in [0.1, 0.15) is 5.02 Å². The number of ether oxygens (including phenoxy) is 1. The first-order valence-electron chi connectivity index (χ1n) is 3.80. The molecule has 1 aromatic rings. The van der Waals surface area contributed by atoms with E-state index >= 15 is 0 Å². The van der Waals surface area contributed by atoms with Crippen LogP contribution in [0.25, 0.3) is 0 Å². The number of alkyl halides is 3. The molecule has 0 bridgehead atoms. The predicted molar refractivity (Wildman–Crippen MR) is 44.4 cm³/mol. The molecule has 0 saturated carbocycles. The molecule has 0 atom stereocenters. The van der Waals surface area contributed by atoms with Gasteiger partial charge in [0.2, 0.25) is 0 Å².